The SMILES string of the molecule is Cc1cc(C)n(-c2ccc(S(=O)(=O)Cl)cc2)n1. The second-order valence-electron chi connectivity index (χ2n) is 3.77. The minimum Gasteiger partial charge on any atom is -0.238 e. The normalized spacial score (nSPS) is 11.7. The Morgan fingerprint density at radius 2 is 1.76 bits per heavy atom. The van der Waals surface area contributed by atoms with E-state index in [0.717, 1.165) is 17.1 Å². The summed E-state index contributed by atoms with van der Waals surface area (Å²) in [5, 5.41) is 4.31. The predicted molar refractivity (Wildman–Crippen MR) is 66.1 cm³/mol. The summed E-state index contributed by atoms with van der Waals surface area (Å²) in [7, 11) is 1.58. The molecule has 0 N–H and O–H groups in total. The lowest BCUT2D eigenvalue weighted by Crippen LogP contribution is -1.99. The first-order valence-corrected chi connectivity index (χ1v) is 7.27. The highest BCUT2D eigenvalue weighted by atomic mass is 35.7. The van der Waals surface area contributed by atoms with Gasteiger partial charge in [-0.3, -0.25) is 0 Å². The van der Waals surface area contributed by atoms with Crippen molar-refractivity contribution >= 4 is 19.7 Å². The first-order valence-electron chi connectivity index (χ1n) is 4.96. The molecule has 0 aliphatic heterocycles. The first kappa shape index (κ1) is 12.1. The van der Waals surface area contributed by atoms with Crippen LogP contribution in [-0.4, -0.2) is 18.2 Å². The molecule has 0 aliphatic carbocycles. The predicted octanol–water partition coefficient (Wildman–Crippen LogP) is 2.42. The molecule has 0 atom stereocenters. The molecule has 0 amide bonds. The Bertz CT molecular complexity index is 645. The van der Waals surface area contributed by atoms with Crippen LogP contribution in [-0.2, 0) is 9.05 Å². The molecule has 4 nitrogen and oxygen atoms in total. The summed E-state index contributed by atoms with van der Waals surface area (Å²) in [6.07, 6.45) is 0. The van der Waals surface area contributed by atoms with E-state index in [2.05, 4.69) is 5.10 Å². The molecule has 0 saturated heterocycles. The van der Waals surface area contributed by atoms with Crippen molar-refractivity contribution in [2.75, 3.05) is 0 Å². The lowest BCUT2D eigenvalue weighted by atomic mass is 10.3. The zero-order chi connectivity index (χ0) is 12.6. The average Bonchev–Trinajstić information content (AvgIpc) is 2.57. The smallest absolute Gasteiger partial charge is 0.238 e. The topological polar surface area (TPSA) is 52.0 Å². The van der Waals surface area contributed by atoms with E-state index in [-0.39, 0.29) is 4.90 Å². The van der Waals surface area contributed by atoms with Gasteiger partial charge in [-0.1, -0.05) is 0 Å². The average molecular weight is 271 g/mol. The van der Waals surface area contributed by atoms with Gasteiger partial charge in [-0.25, -0.2) is 13.1 Å². The summed E-state index contributed by atoms with van der Waals surface area (Å²) in [6, 6.07) is 8.23. The van der Waals surface area contributed by atoms with Crippen LogP contribution in [0.5, 0.6) is 0 Å². The van der Waals surface area contributed by atoms with Crippen molar-refractivity contribution < 1.29 is 8.42 Å². The number of aryl methyl sites for hydroxylation is 2. The molecule has 2 rings (SSSR count). The van der Waals surface area contributed by atoms with Crippen LogP contribution in [0.1, 0.15) is 11.4 Å². The third-order valence-electron chi connectivity index (χ3n) is 2.37. The van der Waals surface area contributed by atoms with Crippen LogP contribution >= 0.6 is 10.7 Å². The molecule has 0 unspecified atom stereocenters. The first-order chi connectivity index (χ1) is 7.88. The Morgan fingerprint density at radius 3 is 2.18 bits per heavy atom. The highest BCUT2D eigenvalue weighted by molar-refractivity contribution is 8.13. The van der Waals surface area contributed by atoms with E-state index in [1.807, 2.05) is 19.9 Å². The molecule has 1 heterocycles. The van der Waals surface area contributed by atoms with Crippen LogP contribution in [0.15, 0.2) is 35.2 Å². The third kappa shape index (κ3) is 2.50. The van der Waals surface area contributed by atoms with E-state index in [4.69, 9.17) is 10.7 Å². The standard InChI is InChI=1S/C11H11ClN2O2S/c1-8-7-9(2)14(13-8)10-3-5-11(6-4-10)17(12,15)16/h3-7H,1-2H3. The fraction of sp³-hybridized carbons (Fsp3) is 0.182. The second-order valence-corrected chi connectivity index (χ2v) is 6.34. The van der Waals surface area contributed by atoms with E-state index in [0.29, 0.717) is 0 Å². The van der Waals surface area contributed by atoms with Gasteiger partial charge in [0.05, 0.1) is 16.3 Å². The van der Waals surface area contributed by atoms with Gasteiger partial charge in [0.15, 0.2) is 0 Å². The molecule has 1 aromatic heterocycles. The van der Waals surface area contributed by atoms with Gasteiger partial charge in [0.2, 0.25) is 0 Å². The number of aromatic nitrogens is 2. The van der Waals surface area contributed by atoms with E-state index < -0.39 is 9.05 Å². The second kappa shape index (κ2) is 4.16. The van der Waals surface area contributed by atoms with Crippen LogP contribution in [0.4, 0.5) is 0 Å². The summed E-state index contributed by atoms with van der Waals surface area (Å²) in [5.74, 6) is 0. The number of nitrogens with zero attached hydrogens (tertiary/aromatic N) is 2. The largest absolute Gasteiger partial charge is 0.261 e. The Labute approximate surface area is 104 Å². The zero-order valence-corrected chi connectivity index (χ0v) is 11.0. The highest BCUT2D eigenvalue weighted by Crippen LogP contribution is 2.18. The quantitative estimate of drug-likeness (QED) is 0.788. The molecule has 6 heteroatoms. The van der Waals surface area contributed by atoms with E-state index in [1.54, 1.807) is 16.8 Å². The number of halogens is 1. The van der Waals surface area contributed by atoms with Crippen LogP contribution in [0.2, 0.25) is 0 Å². The van der Waals surface area contributed by atoms with Gasteiger partial charge in [-0.15, -0.1) is 0 Å². The Balaban J connectivity index is 2.46. The van der Waals surface area contributed by atoms with Crippen molar-refractivity contribution in [3.8, 4) is 5.69 Å². The van der Waals surface area contributed by atoms with Crippen LogP contribution < -0.4 is 0 Å². The summed E-state index contributed by atoms with van der Waals surface area (Å²) in [6.45, 7) is 3.84. The van der Waals surface area contributed by atoms with Crippen LogP contribution in [0, 0.1) is 13.8 Å². The number of hydrogen-bond acceptors (Lipinski definition) is 3. The molecule has 0 spiro atoms. The van der Waals surface area contributed by atoms with E-state index in [9.17, 15) is 8.42 Å². The van der Waals surface area contributed by atoms with Gasteiger partial charge < -0.3 is 0 Å². The Morgan fingerprint density at radius 1 is 1.18 bits per heavy atom. The molecule has 17 heavy (non-hydrogen) atoms. The zero-order valence-electron chi connectivity index (χ0n) is 9.38. The van der Waals surface area contributed by atoms with E-state index >= 15 is 0 Å². The molecule has 0 saturated carbocycles. The maximum atomic E-state index is 11.1. The molecule has 0 radical (unpaired) electrons. The lowest BCUT2D eigenvalue weighted by Gasteiger charge is -2.04. The molecule has 0 fully saturated rings. The van der Waals surface area contributed by atoms with Crippen molar-refractivity contribution in [3.63, 3.8) is 0 Å². The molecule has 0 aliphatic rings. The summed E-state index contributed by atoms with van der Waals surface area (Å²) in [4.78, 5) is 0.0875. The lowest BCUT2D eigenvalue weighted by molar-refractivity contribution is 0.609. The number of benzene rings is 1. The van der Waals surface area contributed by atoms with Crippen molar-refractivity contribution in [1.82, 2.24) is 9.78 Å². The number of rotatable bonds is 2. The van der Waals surface area contributed by atoms with E-state index in [1.165, 1.54) is 12.1 Å². The third-order valence-corrected chi connectivity index (χ3v) is 3.74. The van der Waals surface area contributed by atoms with Gasteiger partial charge in [0, 0.05) is 16.4 Å². The molecule has 1 aromatic carbocycles. The minimum atomic E-state index is -3.66. The molecule has 90 valence electrons. The number of hydrogen-bond donors (Lipinski definition) is 0. The molecular weight excluding hydrogens is 260 g/mol. The fourth-order valence-corrected chi connectivity index (χ4v) is 2.41. The maximum Gasteiger partial charge on any atom is 0.261 e. The van der Waals surface area contributed by atoms with Gasteiger partial charge in [0.1, 0.15) is 0 Å². The summed E-state index contributed by atoms with van der Waals surface area (Å²) in [5.41, 5.74) is 2.71. The highest BCUT2D eigenvalue weighted by Gasteiger charge is 2.10. The van der Waals surface area contributed by atoms with Gasteiger partial charge in [-0.2, -0.15) is 5.10 Å². The Hall–Kier alpha value is -1.33. The monoisotopic (exact) mass is 270 g/mol. The minimum absolute atomic E-state index is 0.0875. The van der Waals surface area contributed by atoms with Crippen LogP contribution in [0.25, 0.3) is 5.69 Å². The van der Waals surface area contributed by atoms with Gasteiger partial charge in [-0.05, 0) is 44.2 Å². The van der Waals surface area contributed by atoms with Crippen molar-refractivity contribution in [2.24, 2.45) is 0 Å². The molecule has 0 bridgehead atoms. The van der Waals surface area contributed by atoms with Crippen molar-refractivity contribution in [1.29, 1.82) is 0 Å². The van der Waals surface area contributed by atoms with Crippen LogP contribution in [0.3, 0.4) is 0 Å². The molecule has 2 aromatic rings. The fourth-order valence-electron chi connectivity index (χ4n) is 1.64. The summed E-state index contributed by atoms with van der Waals surface area (Å²) >= 11 is 0. The maximum absolute atomic E-state index is 11.1. The Kier molecular flexibility index (Phi) is 2.97. The van der Waals surface area contributed by atoms with Gasteiger partial charge in [0.25, 0.3) is 9.05 Å². The molecular formula is C11H11ClN2O2S. The van der Waals surface area contributed by atoms with Gasteiger partial charge >= 0.3 is 0 Å². The van der Waals surface area contributed by atoms with Crippen molar-refractivity contribution in [3.05, 3.63) is 41.7 Å². The summed E-state index contributed by atoms with van der Waals surface area (Å²) < 4.78 is 23.9. The van der Waals surface area contributed by atoms with Crippen molar-refractivity contribution in [2.45, 2.75) is 18.7 Å².